The summed E-state index contributed by atoms with van der Waals surface area (Å²) in [4.78, 5) is 26.9. The first-order valence-corrected chi connectivity index (χ1v) is 6.89. The molecule has 0 atom stereocenters. The molecule has 0 saturated carbocycles. The Morgan fingerprint density at radius 2 is 1.67 bits per heavy atom. The van der Waals surface area contributed by atoms with Gasteiger partial charge in [0.05, 0.1) is 0 Å². The second-order valence-corrected chi connectivity index (χ2v) is 6.18. The molecular weight excluding hydrogens is 264 g/mol. The zero-order valence-corrected chi connectivity index (χ0v) is 12.8. The van der Waals surface area contributed by atoms with Crippen LogP contribution in [0.1, 0.15) is 36.7 Å². The van der Waals surface area contributed by atoms with Crippen molar-refractivity contribution in [1.29, 1.82) is 0 Å². The minimum atomic E-state index is -0.380. The van der Waals surface area contributed by atoms with E-state index in [-0.39, 0.29) is 22.6 Å². The fraction of sp³-hybridized carbons (Fsp3) is 0.294. The summed E-state index contributed by atoms with van der Waals surface area (Å²) in [6, 6.07) is 11.2. The fourth-order valence-electron chi connectivity index (χ4n) is 1.96. The van der Waals surface area contributed by atoms with E-state index in [1.165, 1.54) is 0 Å². The van der Waals surface area contributed by atoms with Crippen LogP contribution < -0.4 is 10.9 Å². The van der Waals surface area contributed by atoms with Crippen molar-refractivity contribution in [2.45, 2.75) is 33.2 Å². The molecule has 0 unspecified atom stereocenters. The third kappa shape index (κ3) is 3.81. The van der Waals surface area contributed by atoms with Gasteiger partial charge in [-0.25, -0.2) is 0 Å². The molecule has 110 valence electrons. The predicted molar refractivity (Wildman–Crippen MR) is 84.5 cm³/mol. The normalized spacial score (nSPS) is 11.2. The Labute approximate surface area is 124 Å². The van der Waals surface area contributed by atoms with Gasteiger partial charge in [0.2, 0.25) is 0 Å². The maximum Gasteiger partial charge on any atom is 0.261 e. The molecule has 1 heterocycles. The summed E-state index contributed by atoms with van der Waals surface area (Å²) in [6.07, 6.45) is 0. The number of benzene rings is 1. The summed E-state index contributed by atoms with van der Waals surface area (Å²) in [5.41, 5.74) is 2.14. The van der Waals surface area contributed by atoms with Crippen molar-refractivity contribution in [3.8, 4) is 11.3 Å². The highest BCUT2D eigenvalue weighted by Crippen LogP contribution is 2.16. The van der Waals surface area contributed by atoms with Gasteiger partial charge in [0, 0.05) is 11.2 Å². The molecule has 1 aromatic carbocycles. The van der Waals surface area contributed by atoms with Crippen LogP contribution in [0.15, 0.2) is 41.2 Å². The van der Waals surface area contributed by atoms with E-state index in [2.05, 4.69) is 10.3 Å². The van der Waals surface area contributed by atoms with Crippen molar-refractivity contribution in [2.24, 2.45) is 0 Å². The van der Waals surface area contributed by atoms with E-state index >= 15 is 0 Å². The number of aromatic nitrogens is 1. The van der Waals surface area contributed by atoms with Crippen molar-refractivity contribution >= 4 is 5.91 Å². The second kappa shape index (κ2) is 5.56. The van der Waals surface area contributed by atoms with Gasteiger partial charge in [-0.2, -0.15) is 0 Å². The van der Waals surface area contributed by atoms with Crippen LogP contribution in [0.4, 0.5) is 0 Å². The van der Waals surface area contributed by atoms with Crippen LogP contribution in [-0.4, -0.2) is 16.4 Å². The molecule has 2 aromatic rings. The van der Waals surface area contributed by atoms with Crippen molar-refractivity contribution in [3.05, 3.63) is 57.9 Å². The van der Waals surface area contributed by atoms with Crippen LogP contribution in [0.2, 0.25) is 0 Å². The summed E-state index contributed by atoms with van der Waals surface area (Å²) < 4.78 is 0. The van der Waals surface area contributed by atoms with Gasteiger partial charge in [-0.3, -0.25) is 9.59 Å². The maximum absolute atomic E-state index is 12.1. The molecule has 0 aliphatic heterocycles. The van der Waals surface area contributed by atoms with Gasteiger partial charge in [0.25, 0.3) is 11.5 Å². The lowest BCUT2D eigenvalue weighted by Gasteiger charge is -2.20. The van der Waals surface area contributed by atoms with Gasteiger partial charge >= 0.3 is 0 Å². The topological polar surface area (TPSA) is 62.0 Å². The number of rotatable bonds is 2. The van der Waals surface area contributed by atoms with E-state index < -0.39 is 0 Å². The van der Waals surface area contributed by atoms with Gasteiger partial charge < -0.3 is 10.3 Å². The van der Waals surface area contributed by atoms with Crippen LogP contribution >= 0.6 is 0 Å². The first-order valence-electron chi connectivity index (χ1n) is 6.89. The number of amides is 1. The molecule has 1 amide bonds. The molecule has 0 spiro atoms. The van der Waals surface area contributed by atoms with Crippen LogP contribution in [-0.2, 0) is 0 Å². The third-order valence-electron chi connectivity index (χ3n) is 3.01. The summed E-state index contributed by atoms with van der Waals surface area (Å²) in [7, 11) is 0. The number of carbonyl (C=O) groups excluding carboxylic acids is 1. The van der Waals surface area contributed by atoms with E-state index in [1.54, 1.807) is 12.1 Å². The first-order chi connectivity index (χ1) is 9.76. The average molecular weight is 284 g/mol. The summed E-state index contributed by atoms with van der Waals surface area (Å²) in [6.45, 7) is 7.63. The SMILES string of the molecule is Cc1ccc(-c2ccc(C(=O)NC(C)(C)C)c(=O)[nH]2)cc1. The van der Waals surface area contributed by atoms with Gasteiger partial charge in [0.15, 0.2) is 0 Å². The van der Waals surface area contributed by atoms with Crippen LogP contribution in [0, 0.1) is 6.92 Å². The number of carbonyl (C=O) groups is 1. The molecule has 4 heteroatoms. The summed E-state index contributed by atoms with van der Waals surface area (Å²) >= 11 is 0. The van der Waals surface area contributed by atoms with Crippen molar-refractivity contribution in [2.75, 3.05) is 0 Å². The Morgan fingerprint density at radius 3 is 2.19 bits per heavy atom. The number of nitrogens with one attached hydrogen (secondary N) is 2. The molecule has 0 aliphatic rings. The van der Waals surface area contributed by atoms with Crippen LogP contribution in [0.5, 0.6) is 0 Å². The quantitative estimate of drug-likeness (QED) is 0.890. The molecular formula is C17H20N2O2. The number of aromatic amines is 1. The first kappa shape index (κ1) is 15.0. The highest BCUT2D eigenvalue weighted by atomic mass is 16.2. The highest BCUT2D eigenvalue weighted by Gasteiger charge is 2.17. The van der Waals surface area contributed by atoms with Crippen LogP contribution in [0.3, 0.4) is 0 Å². The molecule has 1 aromatic heterocycles. The van der Waals surface area contributed by atoms with E-state index in [0.29, 0.717) is 5.69 Å². The lowest BCUT2D eigenvalue weighted by atomic mass is 10.1. The second-order valence-electron chi connectivity index (χ2n) is 6.18. The number of H-pyrrole nitrogens is 1. The third-order valence-corrected chi connectivity index (χ3v) is 3.01. The molecule has 0 aliphatic carbocycles. The zero-order valence-electron chi connectivity index (χ0n) is 12.8. The van der Waals surface area contributed by atoms with Crippen molar-refractivity contribution < 1.29 is 4.79 Å². The number of aryl methyl sites for hydroxylation is 1. The van der Waals surface area contributed by atoms with Gasteiger partial charge in [-0.05, 0) is 45.4 Å². The smallest absolute Gasteiger partial charge is 0.261 e. The monoisotopic (exact) mass is 284 g/mol. The van der Waals surface area contributed by atoms with Gasteiger partial charge in [-0.1, -0.05) is 29.8 Å². The van der Waals surface area contributed by atoms with Crippen LogP contribution in [0.25, 0.3) is 11.3 Å². The van der Waals surface area contributed by atoms with Crippen molar-refractivity contribution in [1.82, 2.24) is 10.3 Å². The average Bonchev–Trinajstić information content (AvgIpc) is 2.37. The summed E-state index contributed by atoms with van der Waals surface area (Å²) in [5.74, 6) is -0.362. The highest BCUT2D eigenvalue weighted by molar-refractivity contribution is 5.94. The lowest BCUT2D eigenvalue weighted by Crippen LogP contribution is -2.42. The molecule has 0 saturated heterocycles. The number of hydrogen-bond donors (Lipinski definition) is 2. The van der Waals surface area contributed by atoms with E-state index in [0.717, 1.165) is 11.1 Å². The van der Waals surface area contributed by atoms with E-state index in [9.17, 15) is 9.59 Å². The minimum absolute atomic E-state index is 0.126. The predicted octanol–water partition coefficient (Wildman–Crippen LogP) is 2.88. The minimum Gasteiger partial charge on any atom is -0.347 e. The Bertz CT molecular complexity index is 707. The van der Waals surface area contributed by atoms with Gasteiger partial charge in [0.1, 0.15) is 5.56 Å². The molecule has 2 N–H and O–H groups in total. The number of hydrogen-bond acceptors (Lipinski definition) is 2. The molecule has 2 rings (SSSR count). The van der Waals surface area contributed by atoms with Crippen molar-refractivity contribution in [3.63, 3.8) is 0 Å². The Hall–Kier alpha value is -2.36. The molecule has 21 heavy (non-hydrogen) atoms. The standard InChI is InChI=1S/C17H20N2O2/c1-11-5-7-12(8-6-11)14-10-9-13(15(20)18-14)16(21)19-17(2,3)4/h5-10H,1-4H3,(H,18,20)(H,19,21). The van der Waals surface area contributed by atoms with Gasteiger partial charge in [-0.15, -0.1) is 0 Å². The molecule has 0 bridgehead atoms. The Balaban J connectivity index is 2.32. The molecule has 0 radical (unpaired) electrons. The Morgan fingerprint density at radius 1 is 1.05 bits per heavy atom. The van der Waals surface area contributed by atoms with E-state index in [1.807, 2.05) is 52.0 Å². The fourth-order valence-corrected chi connectivity index (χ4v) is 1.96. The largest absolute Gasteiger partial charge is 0.347 e. The Kier molecular flexibility index (Phi) is 3.98. The molecule has 4 nitrogen and oxygen atoms in total. The summed E-state index contributed by atoms with van der Waals surface area (Å²) in [5, 5.41) is 2.78. The zero-order chi connectivity index (χ0) is 15.6. The number of pyridine rings is 1. The molecule has 0 fully saturated rings. The lowest BCUT2D eigenvalue weighted by molar-refractivity contribution is 0.0918. The van der Waals surface area contributed by atoms with E-state index in [4.69, 9.17) is 0 Å². The maximum atomic E-state index is 12.1.